The standard InChI is InChI=1S/C40H24N4S.C38H22N4OS.C31H19N5S/c1-3-11-26(12-4-1)37-42-38(27-13-5-2-6-14-27)44-39(43-37)29-20-19-25-21-22-35-36(33(25)24-29)41-40(45-35)34-23-28-15-7-8-16-30(28)31-17-9-10-18-32(31)34;1-3-10-24(11-4-1)35-40-36(25-12-5-2-6-13-25)42-37(41-35)26-19-18-23-20-21-32-33(30(23)22-26)39-38(44-32)29-16-9-15-28-27-14-7-8-17-31(27)43-34(28)29;1-3-9-21(10-4-1)28-34-29(22-11-5-2-6-12-22)36-30(35-28)23-15-14-20-16-17-26-27(24(20)19-23)33-31(37-26)25-13-7-8-18-32-25/h1-24H;1-22H;1-19H. The molecule has 0 aliphatic heterocycles. The van der Waals surface area contributed by atoms with Crippen LogP contribution in [-0.2, 0) is 0 Å². The Labute approximate surface area is 733 Å². The maximum absolute atomic E-state index is 6.34. The fraction of sp³-hybridized carbons (Fsp3) is 0. The van der Waals surface area contributed by atoms with Crippen LogP contribution in [0, 0.1) is 0 Å². The van der Waals surface area contributed by atoms with Crippen molar-refractivity contribution in [3.63, 3.8) is 0 Å². The molecule has 25 rings (SSSR count). The number of hydrogen-bond acceptors (Lipinski definition) is 17. The molecule has 0 saturated heterocycles. The second-order valence-electron chi connectivity index (χ2n) is 30.4. The largest absolute Gasteiger partial charge is 0.455 e. The van der Waals surface area contributed by atoms with Crippen LogP contribution in [0.2, 0.25) is 0 Å². The van der Waals surface area contributed by atoms with E-state index in [0.29, 0.717) is 52.4 Å². The second kappa shape index (κ2) is 32.3. The van der Waals surface area contributed by atoms with E-state index in [0.717, 1.165) is 167 Å². The molecule has 8 heterocycles. The molecular formula is C109H65N13OS3. The fourth-order valence-electron chi connectivity index (χ4n) is 16.3. The Kier molecular flexibility index (Phi) is 19.1. The highest BCUT2D eigenvalue weighted by atomic mass is 32.1. The van der Waals surface area contributed by atoms with E-state index in [2.05, 4.69) is 175 Å². The number of rotatable bonds is 12. The summed E-state index contributed by atoms with van der Waals surface area (Å²) < 4.78 is 9.72. The summed E-state index contributed by atoms with van der Waals surface area (Å²) in [6, 6.07) is 132. The Morgan fingerprint density at radius 2 is 0.516 bits per heavy atom. The number of benzene rings is 17. The summed E-state index contributed by atoms with van der Waals surface area (Å²) in [4.78, 5) is 64.1. The van der Waals surface area contributed by atoms with Crippen LogP contribution >= 0.6 is 34.0 Å². The minimum absolute atomic E-state index is 0.624. The van der Waals surface area contributed by atoms with Crippen molar-refractivity contribution in [1.82, 2.24) is 64.8 Å². The van der Waals surface area contributed by atoms with Crippen LogP contribution in [0.15, 0.2) is 399 Å². The van der Waals surface area contributed by atoms with Crippen LogP contribution in [-0.4, -0.2) is 64.8 Å². The fourth-order valence-corrected chi connectivity index (χ4v) is 19.3. The van der Waals surface area contributed by atoms with E-state index in [9.17, 15) is 0 Å². The van der Waals surface area contributed by atoms with Gasteiger partial charge in [0.15, 0.2) is 52.4 Å². The van der Waals surface area contributed by atoms with Crippen LogP contribution in [0.4, 0.5) is 0 Å². The van der Waals surface area contributed by atoms with E-state index >= 15 is 0 Å². The molecule has 0 aliphatic carbocycles. The average Bonchev–Trinajstić information content (AvgIpc) is 1.58. The Bertz CT molecular complexity index is 8300. The molecule has 14 nitrogen and oxygen atoms in total. The summed E-state index contributed by atoms with van der Waals surface area (Å²) in [5, 5.41) is 16.6. The van der Waals surface area contributed by atoms with E-state index in [1.165, 1.54) is 21.5 Å². The zero-order chi connectivity index (χ0) is 83.4. The van der Waals surface area contributed by atoms with Crippen molar-refractivity contribution in [2.45, 2.75) is 0 Å². The number of furan rings is 1. The van der Waals surface area contributed by atoms with E-state index in [1.807, 2.05) is 218 Å². The van der Waals surface area contributed by atoms with Gasteiger partial charge in [-0.2, -0.15) is 0 Å². The van der Waals surface area contributed by atoms with Gasteiger partial charge >= 0.3 is 0 Å². The average molecular weight is 1670 g/mol. The van der Waals surface area contributed by atoms with Crippen LogP contribution in [0.3, 0.4) is 0 Å². The number of aromatic nitrogens is 13. The molecule has 0 atom stereocenters. The second-order valence-corrected chi connectivity index (χ2v) is 33.5. The third-order valence-electron chi connectivity index (χ3n) is 22.5. The molecule has 25 aromatic rings. The summed E-state index contributed by atoms with van der Waals surface area (Å²) in [6.45, 7) is 0. The first-order valence-corrected chi connectivity index (χ1v) is 43.7. The number of fused-ring (bicyclic) bond motifs is 15. The van der Waals surface area contributed by atoms with Crippen molar-refractivity contribution in [3.05, 3.63) is 394 Å². The first kappa shape index (κ1) is 74.7. The number of pyridine rings is 1. The Balaban J connectivity index is 0.000000109. The molecule has 0 radical (unpaired) electrons. The summed E-state index contributed by atoms with van der Waals surface area (Å²) >= 11 is 5.07. The molecule has 17 aromatic carbocycles. The van der Waals surface area contributed by atoms with Crippen LogP contribution in [0.1, 0.15) is 0 Å². The molecule has 0 N–H and O–H groups in total. The van der Waals surface area contributed by atoms with Gasteiger partial charge in [0.25, 0.3) is 0 Å². The van der Waals surface area contributed by atoms with Crippen molar-refractivity contribution in [3.8, 4) is 134 Å². The lowest BCUT2D eigenvalue weighted by Gasteiger charge is -2.09. The van der Waals surface area contributed by atoms with Crippen molar-refractivity contribution in [1.29, 1.82) is 0 Å². The molecule has 590 valence electrons. The maximum Gasteiger partial charge on any atom is 0.164 e. The van der Waals surface area contributed by atoms with E-state index in [1.54, 1.807) is 40.2 Å². The van der Waals surface area contributed by atoms with Crippen LogP contribution < -0.4 is 0 Å². The highest BCUT2D eigenvalue weighted by Gasteiger charge is 2.23. The lowest BCUT2D eigenvalue weighted by Crippen LogP contribution is -2.00. The summed E-state index contributed by atoms with van der Waals surface area (Å²) in [5.74, 6) is 5.77. The number of para-hydroxylation sites is 2. The molecule has 8 aromatic heterocycles. The Hall–Kier alpha value is -16.3. The molecule has 126 heavy (non-hydrogen) atoms. The van der Waals surface area contributed by atoms with Crippen molar-refractivity contribution >= 4 is 140 Å². The summed E-state index contributed by atoms with van der Waals surface area (Å²) in [5.41, 5.74) is 16.2. The van der Waals surface area contributed by atoms with Gasteiger partial charge in [0.05, 0.1) is 41.9 Å². The molecule has 0 aliphatic rings. The van der Waals surface area contributed by atoms with Gasteiger partial charge < -0.3 is 4.42 Å². The molecule has 0 spiro atoms. The first-order valence-electron chi connectivity index (χ1n) is 41.2. The monoisotopic (exact) mass is 1670 g/mol. The van der Waals surface area contributed by atoms with Gasteiger partial charge in [0, 0.05) is 88.8 Å². The Morgan fingerprint density at radius 3 is 0.929 bits per heavy atom. The predicted octanol–water partition coefficient (Wildman–Crippen LogP) is 28.5. The SMILES string of the molecule is c1ccc(-c2nc(-c3ccccc3)nc(-c3ccc4ccc5sc(-c6cc7ccccc7c7ccccc67)nc5c4c3)n2)cc1.c1ccc(-c2nc(-c3ccccc3)nc(-c3ccc4ccc5sc(-c6cccc7c6oc6ccccc67)nc5c4c3)n2)cc1.c1ccc(-c2nc(-c3ccccc3)nc(-c3ccc4ccc5sc(-c6ccccn6)nc5c4c3)n2)cc1. The van der Waals surface area contributed by atoms with Crippen molar-refractivity contribution < 1.29 is 4.42 Å². The van der Waals surface area contributed by atoms with Gasteiger partial charge in [-0.15, -0.1) is 34.0 Å². The van der Waals surface area contributed by atoms with Gasteiger partial charge in [0.2, 0.25) is 0 Å². The van der Waals surface area contributed by atoms with Crippen LogP contribution in [0.25, 0.3) is 241 Å². The predicted molar refractivity (Wildman–Crippen MR) is 517 cm³/mol. The van der Waals surface area contributed by atoms with E-state index < -0.39 is 0 Å². The topological polar surface area (TPSA) is 181 Å². The molecule has 0 fully saturated rings. The summed E-state index contributed by atoms with van der Waals surface area (Å²) in [6.07, 6.45) is 1.80. The van der Waals surface area contributed by atoms with Gasteiger partial charge in [0.1, 0.15) is 26.2 Å². The minimum atomic E-state index is 0.624. The third kappa shape index (κ3) is 14.3. The van der Waals surface area contributed by atoms with Crippen LogP contribution in [0.5, 0.6) is 0 Å². The van der Waals surface area contributed by atoms with E-state index in [4.69, 9.17) is 64.2 Å². The molecule has 0 bridgehead atoms. The third-order valence-corrected chi connectivity index (χ3v) is 25.7. The maximum atomic E-state index is 6.34. The minimum Gasteiger partial charge on any atom is -0.455 e. The molecule has 0 amide bonds. The zero-order valence-corrected chi connectivity index (χ0v) is 69.4. The highest BCUT2D eigenvalue weighted by Crippen LogP contribution is 2.45. The zero-order valence-electron chi connectivity index (χ0n) is 67.0. The molecule has 0 unspecified atom stereocenters. The first-order chi connectivity index (χ1) is 62.4. The Morgan fingerprint density at radius 1 is 0.190 bits per heavy atom. The molecule has 0 saturated carbocycles. The molecular weight excluding hydrogens is 1600 g/mol. The van der Waals surface area contributed by atoms with Gasteiger partial charge in [-0.1, -0.05) is 322 Å². The van der Waals surface area contributed by atoms with E-state index in [-0.39, 0.29) is 0 Å². The number of thiazole rings is 3. The number of nitrogens with zero attached hydrogens (tertiary/aromatic N) is 13. The number of hydrogen-bond donors (Lipinski definition) is 0. The molecule has 17 heteroatoms. The lowest BCUT2D eigenvalue weighted by atomic mass is 9.97. The lowest BCUT2D eigenvalue weighted by molar-refractivity contribution is 0.670. The van der Waals surface area contributed by atoms with Gasteiger partial charge in [-0.05, 0) is 104 Å². The quantitative estimate of drug-likeness (QED) is 0.105. The normalized spacial score (nSPS) is 11.5. The van der Waals surface area contributed by atoms with Gasteiger partial charge in [-0.3, -0.25) is 4.98 Å². The van der Waals surface area contributed by atoms with Gasteiger partial charge in [-0.25, -0.2) is 59.8 Å². The summed E-state index contributed by atoms with van der Waals surface area (Å²) in [7, 11) is 0. The van der Waals surface area contributed by atoms with Crippen molar-refractivity contribution in [2.24, 2.45) is 0 Å². The smallest absolute Gasteiger partial charge is 0.164 e. The highest BCUT2D eigenvalue weighted by molar-refractivity contribution is 7.22. The van der Waals surface area contributed by atoms with Crippen molar-refractivity contribution in [2.75, 3.05) is 0 Å².